The molecule has 4 nitrogen and oxygen atoms in total. The first-order valence-electron chi connectivity index (χ1n) is 8.30. The summed E-state index contributed by atoms with van der Waals surface area (Å²) in [5.74, 6) is -0.135. The lowest BCUT2D eigenvalue weighted by atomic mass is 9.98. The summed E-state index contributed by atoms with van der Waals surface area (Å²) in [6, 6.07) is 22.0. The number of rotatable bonds is 6. The van der Waals surface area contributed by atoms with Gasteiger partial charge in [0.15, 0.2) is 0 Å². The number of aromatic amines is 1. The fourth-order valence-electron chi connectivity index (χ4n) is 2.74. The third-order valence-electron chi connectivity index (χ3n) is 3.84. The summed E-state index contributed by atoms with van der Waals surface area (Å²) in [5.41, 5.74) is 4.22. The van der Waals surface area contributed by atoms with Crippen LogP contribution in [0.2, 0.25) is 0 Å². The Morgan fingerprint density at radius 1 is 1.08 bits per heavy atom. The van der Waals surface area contributed by atoms with Gasteiger partial charge in [0, 0.05) is 5.56 Å². The van der Waals surface area contributed by atoms with Gasteiger partial charge in [0.2, 0.25) is 0 Å². The highest BCUT2D eigenvalue weighted by Gasteiger charge is 2.21. The molecule has 1 N–H and O–H groups in total. The Morgan fingerprint density at radius 2 is 1.69 bits per heavy atom. The number of aromatic nitrogens is 1. The normalized spacial score (nSPS) is 10.3. The van der Waals surface area contributed by atoms with E-state index in [0.717, 1.165) is 22.4 Å². The molecule has 0 bridgehead atoms. The van der Waals surface area contributed by atoms with Crippen LogP contribution in [-0.2, 0) is 9.53 Å². The van der Waals surface area contributed by atoms with E-state index in [1.165, 1.54) is 11.8 Å². The summed E-state index contributed by atoms with van der Waals surface area (Å²) in [6.45, 7) is 2.12. The SMILES string of the molecule is CCOC(=O)CSc1[nH]c(-c2ccccc2)c(-c2ccccc2)c1C#N. The van der Waals surface area contributed by atoms with Crippen molar-refractivity contribution in [3.63, 3.8) is 0 Å². The summed E-state index contributed by atoms with van der Waals surface area (Å²) >= 11 is 1.29. The van der Waals surface area contributed by atoms with Crippen molar-refractivity contribution in [1.29, 1.82) is 5.26 Å². The van der Waals surface area contributed by atoms with Crippen LogP contribution < -0.4 is 0 Å². The van der Waals surface area contributed by atoms with Crippen molar-refractivity contribution in [2.75, 3.05) is 12.4 Å². The fourth-order valence-corrected chi connectivity index (χ4v) is 3.55. The number of hydrogen-bond acceptors (Lipinski definition) is 4. The van der Waals surface area contributed by atoms with Gasteiger partial charge in [-0.15, -0.1) is 0 Å². The number of benzene rings is 2. The molecule has 0 saturated carbocycles. The maximum atomic E-state index is 11.7. The van der Waals surface area contributed by atoms with E-state index in [-0.39, 0.29) is 11.7 Å². The first-order valence-corrected chi connectivity index (χ1v) is 9.28. The predicted octanol–water partition coefficient (Wildman–Crippen LogP) is 4.88. The van der Waals surface area contributed by atoms with Crippen molar-refractivity contribution < 1.29 is 9.53 Å². The van der Waals surface area contributed by atoms with Gasteiger partial charge in [0.1, 0.15) is 6.07 Å². The minimum atomic E-state index is -0.293. The smallest absolute Gasteiger partial charge is 0.316 e. The lowest BCUT2D eigenvalue weighted by Crippen LogP contribution is -2.06. The molecule has 3 rings (SSSR count). The Morgan fingerprint density at radius 3 is 2.27 bits per heavy atom. The molecule has 0 amide bonds. The van der Waals surface area contributed by atoms with Crippen LogP contribution in [-0.4, -0.2) is 23.3 Å². The zero-order valence-electron chi connectivity index (χ0n) is 14.4. The van der Waals surface area contributed by atoms with Crippen LogP contribution in [0.3, 0.4) is 0 Å². The van der Waals surface area contributed by atoms with Gasteiger partial charge < -0.3 is 9.72 Å². The van der Waals surface area contributed by atoms with Crippen LogP contribution in [0.1, 0.15) is 12.5 Å². The van der Waals surface area contributed by atoms with Gasteiger partial charge in [-0.2, -0.15) is 5.26 Å². The molecular weight excluding hydrogens is 344 g/mol. The standard InChI is InChI=1S/C21H18N2O2S/c1-2-25-18(24)14-26-21-17(13-22)19(15-9-5-3-6-10-15)20(23-21)16-11-7-4-8-12-16/h3-12,23H,2,14H2,1H3. The van der Waals surface area contributed by atoms with Crippen LogP contribution >= 0.6 is 11.8 Å². The molecule has 0 unspecified atom stereocenters. The molecule has 3 aromatic rings. The summed E-state index contributed by atoms with van der Waals surface area (Å²) < 4.78 is 4.99. The van der Waals surface area contributed by atoms with Gasteiger partial charge in [-0.05, 0) is 18.1 Å². The van der Waals surface area contributed by atoms with Gasteiger partial charge in [0.25, 0.3) is 0 Å². The molecule has 0 spiro atoms. The number of nitriles is 1. The van der Waals surface area contributed by atoms with E-state index in [0.29, 0.717) is 17.2 Å². The molecule has 0 radical (unpaired) electrons. The van der Waals surface area contributed by atoms with Crippen molar-refractivity contribution in [3.8, 4) is 28.5 Å². The minimum Gasteiger partial charge on any atom is -0.465 e. The Bertz CT molecular complexity index is 928. The third-order valence-corrected chi connectivity index (χ3v) is 4.82. The molecule has 5 heteroatoms. The number of ether oxygens (including phenoxy) is 1. The molecule has 26 heavy (non-hydrogen) atoms. The first-order chi connectivity index (χ1) is 12.7. The van der Waals surface area contributed by atoms with Crippen LogP contribution in [0.5, 0.6) is 0 Å². The van der Waals surface area contributed by atoms with Gasteiger partial charge >= 0.3 is 5.97 Å². The molecule has 0 aliphatic rings. The summed E-state index contributed by atoms with van der Waals surface area (Å²) in [4.78, 5) is 15.1. The highest BCUT2D eigenvalue weighted by molar-refractivity contribution is 8.00. The zero-order valence-corrected chi connectivity index (χ0v) is 15.2. The number of esters is 1. The number of carbonyl (C=O) groups excluding carboxylic acids is 1. The van der Waals surface area contributed by atoms with E-state index in [2.05, 4.69) is 11.1 Å². The third kappa shape index (κ3) is 3.81. The second-order valence-corrected chi connectivity index (χ2v) is 6.50. The highest BCUT2D eigenvalue weighted by atomic mass is 32.2. The average Bonchev–Trinajstić information content (AvgIpc) is 3.06. The predicted molar refractivity (Wildman–Crippen MR) is 104 cm³/mol. The second-order valence-electron chi connectivity index (χ2n) is 5.52. The number of H-pyrrole nitrogens is 1. The Labute approximate surface area is 156 Å². The number of thioether (sulfide) groups is 1. The number of nitrogens with one attached hydrogen (secondary N) is 1. The molecule has 2 aromatic carbocycles. The highest BCUT2D eigenvalue weighted by Crippen LogP contribution is 2.39. The van der Waals surface area contributed by atoms with Crippen molar-refractivity contribution in [1.82, 2.24) is 4.98 Å². The van der Waals surface area contributed by atoms with Crippen LogP contribution in [0.4, 0.5) is 0 Å². The maximum Gasteiger partial charge on any atom is 0.316 e. The lowest BCUT2D eigenvalue weighted by Gasteiger charge is -2.05. The van der Waals surface area contributed by atoms with E-state index < -0.39 is 0 Å². The molecule has 0 aliphatic carbocycles. The van der Waals surface area contributed by atoms with E-state index in [1.54, 1.807) is 6.92 Å². The molecule has 1 aromatic heterocycles. The number of carbonyl (C=O) groups is 1. The Hall–Kier alpha value is -2.97. The van der Waals surface area contributed by atoms with Crippen LogP contribution in [0.15, 0.2) is 65.7 Å². The molecule has 0 atom stereocenters. The van der Waals surface area contributed by atoms with Crippen molar-refractivity contribution in [2.24, 2.45) is 0 Å². The molecular formula is C21H18N2O2S. The quantitative estimate of drug-likeness (QED) is 0.501. The van der Waals surface area contributed by atoms with E-state index >= 15 is 0 Å². The Kier molecular flexibility index (Phi) is 5.77. The first kappa shape index (κ1) is 17.8. The monoisotopic (exact) mass is 362 g/mol. The minimum absolute atomic E-state index is 0.158. The molecule has 1 heterocycles. The summed E-state index contributed by atoms with van der Waals surface area (Å²) in [5, 5.41) is 10.5. The van der Waals surface area contributed by atoms with Gasteiger partial charge in [-0.25, -0.2) is 0 Å². The number of nitrogens with zero attached hydrogens (tertiary/aromatic N) is 1. The fraction of sp³-hybridized carbons (Fsp3) is 0.143. The van der Waals surface area contributed by atoms with E-state index in [4.69, 9.17) is 4.74 Å². The summed E-state index contributed by atoms with van der Waals surface area (Å²) in [6.07, 6.45) is 0. The number of hydrogen-bond donors (Lipinski definition) is 1. The van der Waals surface area contributed by atoms with Gasteiger partial charge in [-0.1, -0.05) is 72.4 Å². The molecule has 0 fully saturated rings. The van der Waals surface area contributed by atoms with Crippen molar-refractivity contribution in [3.05, 3.63) is 66.2 Å². The maximum absolute atomic E-state index is 11.7. The van der Waals surface area contributed by atoms with Crippen LogP contribution in [0, 0.1) is 11.3 Å². The molecule has 0 saturated heterocycles. The van der Waals surface area contributed by atoms with Crippen LogP contribution in [0.25, 0.3) is 22.4 Å². The average molecular weight is 362 g/mol. The largest absolute Gasteiger partial charge is 0.465 e. The van der Waals surface area contributed by atoms with Gasteiger partial charge in [-0.3, -0.25) is 4.79 Å². The second kappa shape index (κ2) is 8.41. The molecule has 0 aliphatic heterocycles. The van der Waals surface area contributed by atoms with Crippen molar-refractivity contribution >= 4 is 17.7 Å². The van der Waals surface area contributed by atoms with E-state index in [9.17, 15) is 10.1 Å². The molecule has 130 valence electrons. The topological polar surface area (TPSA) is 65.9 Å². The zero-order chi connectivity index (χ0) is 18.4. The van der Waals surface area contributed by atoms with E-state index in [1.807, 2.05) is 60.7 Å². The lowest BCUT2D eigenvalue weighted by molar-refractivity contribution is -0.139. The summed E-state index contributed by atoms with van der Waals surface area (Å²) in [7, 11) is 0. The van der Waals surface area contributed by atoms with Crippen molar-refractivity contribution in [2.45, 2.75) is 11.9 Å². The Balaban J connectivity index is 2.08. The van der Waals surface area contributed by atoms with Gasteiger partial charge in [0.05, 0.1) is 28.6 Å².